The number of carbonyl (C=O) groups excluding carboxylic acids is 2. The van der Waals surface area contributed by atoms with Crippen LogP contribution in [0.15, 0.2) is 89.1 Å². The first-order valence-corrected chi connectivity index (χ1v) is 15.0. The number of Topliss-reactive ketones (excluding diaryl/α,β-unsaturated/α-hetero) is 1. The fourth-order valence-electron chi connectivity index (χ4n) is 6.04. The van der Waals surface area contributed by atoms with Crippen LogP contribution in [-0.2, 0) is 25.7 Å². The number of nitrogens with zero attached hydrogens (tertiary/aromatic N) is 1. The molecule has 5 rings (SSSR count). The number of hydrogen-bond acceptors (Lipinski definition) is 8. The van der Waals surface area contributed by atoms with Crippen LogP contribution in [0.5, 0.6) is 17.2 Å². The molecule has 44 heavy (non-hydrogen) atoms. The third kappa shape index (κ3) is 6.86. The third-order valence-electron chi connectivity index (χ3n) is 8.16. The van der Waals surface area contributed by atoms with E-state index >= 15 is 0 Å². The first kappa shape index (κ1) is 31.0. The van der Waals surface area contributed by atoms with Crippen molar-refractivity contribution in [2.45, 2.75) is 45.1 Å². The molecule has 0 N–H and O–H groups in total. The Labute approximate surface area is 258 Å². The van der Waals surface area contributed by atoms with Crippen LogP contribution in [0.3, 0.4) is 0 Å². The summed E-state index contributed by atoms with van der Waals surface area (Å²) in [4.78, 5) is 32.5. The number of methoxy groups -OCH3 is 2. The van der Waals surface area contributed by atoms with Crippen molar-refractivity contribution in [2.75, 3.05) is 34.0 Å². The Bertz CT molecular complexity index is 1550. The summed E-state index contributed by atoms with van der Waals surface area (Å²) in [6, 6.07) is 23.3. The van der Waals surface area contributed by atoms with Crippen LogP contribution in [0, 0.1) is 5.92 Å². The van der Waals surface area contributed by atoms with Crippen LogP contribution in [0.1, 0.15) is 55.2 Å². The fourth-order valence-corrected chi connectivity index (χ4v) is 6.04. The summed E-state index contributed by atoms with van der Waals surface area (Å²) in [5, 5.41) is 0. The molecule has 3 atom stereocenters. The second-order valence-electron chi connectivity index (χ2n) is 10.9. The summed E-state index contributed by atoms with van der Waals surface area (Å²) >= 11 is 0. The number of hydrogen-bond donors (Lipinski definition) is 0. The maximum absolute atomic E-state index is 14.1. The molecular formula is C36H39NO7. The number of aliphatic imine (C=N–C) groups is 1. The normalized spacial score (nSPS) is 19.6. The van der Waals surface area contributed by atoms with Crippen LogP contribution < -0.4 is 14.2 Å². The molecule has 0 fully saturated rings. The highest BCUT2D eigenvalue weighted by Gasteiger charge is 2.45. The maximum Gasteiger partial charge on any atom is 0.315 e. The van der Waals surface area contributed by atoms with Crippen molar-refractivity contribution in [1.29, 1.82) is 0 Å². The second-order valence-corrected chi connectivity index (χ2v) is 10.9. The Balaban J connectivity index is 1.49. The highest BCUT2D eigenvalue weighted by Crippen LogP contribution is 2.48. The van der Waals surface area contributed by atoms with E-state index in [1.54, 1.807) is 14.2 Å². The lowest BCUT2D eigenvalue weighted by Crippen LogP contribution is -2.38. The van der Waals surface area contributed by atoms with Gasteiger partial charge in [-0.3, -0.25) is 14.6 Å². The van der Waals surface area contributed by atoms with Crippen molar-refractivity contribution in [2.24, 2.45) is 10.9 Å². The summed E-state index contributed by atoms with van der Waals surface area (Å²) in [6.07, 6.45) is 0.844. The van der Waals surface area contributed by atoms with Gasteiger partial charge in [-0.1, -0.05) is 48.5 Å². The van der Waals surface area contributed by atoms with E-state index in [-0.39, 0.29) is 24.7 Å². The quantitative estimate of drug-likeness (QED) is 0.175. The first-order chi connectivity index (χ1) is 21.4. The molecule has 8 heteroatoms. The average Bonchev–Trinajstić information content (AvgIpc) is 3.05. The zero-order valence-electron chi connectivity index (χ0n) is 25.7. The van der Waals surface area contributed by atoms with Crippen molar-refractivity contribution in [3.8, 4) is 17.2 Å². The second kappa shape index (κ2) is 14.4. The van der Waals surface area contributed by atoms with Crippen LogP contribution in [0.4, 0.5) is 0 Å². The Morgan fingerprint density at radius 3 is 2.43 bits per heavy atom. The molecule has 2 aliphatic rings. The Hall–Kier alpha value is -4.43. The summed E-state index contributed by atoms with van der Waals surface area (Å²) in [5.74, 6) is 0.0492. The molecule has 0 saturated carbocycles. The monoisotopic (exact) mass is 597 g/mol. The number of esters is 1. The van der Waals surface area contributed by atoms with Crippen LogP contribution in [0.25, 0.3) is 0 Å². The number of rotatable bonds is 12. The lowest BCUT2D eigenvalue weighted by atomic mass is 9.69. The predicted octanol–water partition coefficient (Wildman–Crippen LogP) is 6.44. The largest absolute Gasteiger partial charge is 0.493 e. The minimum atomic E-state index is -0.749. The van der Waals surface area contributed by atoms with E-state index in [4.69, 9.17) is 28.7 Å². The molecule has 0 bridgehead atoms. The van der Waals surface area contributed by atoms with Crippen molar-refractivity contribution in [3.05, 3.63) is 101 Å². The van der Waals surface area contributed by atoms with Gasteiger partial charge in [0, 0.05) is 35.9 Å². The van der Waals surface area contributed by atoms with Gasteiger partial charge in [0.25, 0.3) is 0 Å². The summed E-state index contributed by atoms with van der Waals surface area (Å²) in [7, 11) is 3.19. The van der Waals surface area contributed by atoms with Crippen molar-refractivity contribution in [1.82, 2.24) is 0 Å². The van der Waals surface area contributed by atoms with Gasteiger partial charge in [0.15, 0.2) is 17.3 Å². The van der Waals surface area contributed by atoms with Gasteiger partial charge >= 0.3 is 5.97 Å². The van der Waals surface area contributed by atoms with Gasteiger partial charge in [-0.05, 0) is 67.1 Å². The minimum absolute atomic E-state index is 0.0324. The molecular weight excluding hydrogens is 558 g/mol. The molecule has 0 aromatic heterocycles. The van der Waals surface area contributed by atoms with Gasteiger partial charge in [-0.2, -0.15) is 0 Å². The average molecular weight is 598 g/mol. The molecule has 1 unspecified atom stereocenters. The number of ketones is 1. The van der Waals surface area contributed by atoms with Gasteiger partial charge in [0.1, 0.15) is 24.9 Å². The molecule has 1 heterocycles. The highest BCUT2D eigenvalue weighted by molar-refractivity contribution is 6.09. The van der Waals surface area contributed by atoms with Crippen molar-refractivity contribution >= 4 is 17.5 Å². The molecule has 0 spiro atoms. The van der Waals surface area contributed by atoms with Crippen molar-refractivity contribution in [3.63, 3.8) is 0 Å². The zero-order chi connectivity index (χ0) is 31.1. The molecule has 1 aliphatic carbocycles. The van der Waals surface area contributed by atoms with E-state index in [9.17, 15) is 9.59 Å². The lowest BCUT2D eigenvalue weighted by Gasteiger charge is -2.36. The van der Waals surface area contributed by atoms with Gasteiger partial charge in [0.2, 0.25) is 0 Å². The Morgan fingerprint density at radius 2 is 1.68 bits per heavy atom. The third-order valence-corrected chi connectivity index (χ3v) is 8.16. The molecule has 8 nitrogen and oxygen atoms in total. The molecule has 0 radical (unpaired) electrons. The van der Waals surface area contributed by atoms with Gasteiger partial charge in [0.05, 0.1) is 20.8 Å². The van der Waals surface area contributed by atoms with E-state index < -0.39 is 17.8 Å². The van der Waals surface area contributed by atoms with E-state index in [0.717, 1.165) is 16.7 Å². The zero-order valence-corrected chi connectivity index (χ0v) is 25.7. The maximum atomic E-state index is 14.1. The van der Waals surface area contributed by atoms with Crippen molar-refractivity contribution < 1.29 is 33.3 Å². The smallest absolute Gasteiger partial charge is 0.315 e. The topological polar surface area (TPSA) is 92.7 Å². The molecule has 0 amide bonds. The van der Waals surface area contributed by atoms with E-state index in [2.05, 4.69) is 0 Å². The van der Waals surface area contributed by atoms with E-state index in [1.807, 2.05) is 86.6 Å². The number of benzene rings is 3. The summed E-state index contributed by atoms with van der Waals surface area (Å²) in [5.41, 5.74) is 4.72. The standard InChI is InChI=1S/C36H39NO7/c1-5-42-16-17-43-36(39)33-23(2)37-29-19-27(25-14-15-31(40-3)32(21-25)41-4)20-30(38)35(29)34(33)26-12-9-13-28(18-26)44-22-24-10-7-6-8-11-24/h6-15,18,21,27,33-34H,5,16-17,19-20,22H2,1-4H3/t27-,33?,34-/m0/s1. The fraction of sp³-hybridized carbons (Fsp3) is 0.361. The van der Waals surface area contributed by atoms with Crippen LogP contribution in [0.2, 0.25) is 0 Å². The molecule has 3 aromatic rings. The summed E-state index contributed by atoms with van der Waals surface area (Å²) < 4.78 is 28.1. The first-order valence-electron chi connectivity index (χ1n) is 15.0. The van der Waals surface area contributed by atoms with Gasteiger partial charge in [-0.25, -0.2) is 0 Å². The molecule has 0 saturated heterocycles. The number of carbonyl (C=O) groups is 2. The molecule has 230 valence electrons. The number of ether oxygens (including phenoxy) is 5. The minimum Gasteiger partial charge on any atom is -0.493 e. The van der Waals surface area contributed by atoms with E-state index in [1.165, 1.54) is 0 Å². The highest BCUT2D eigenvalue weighted by atomic mass is 16.6. The number of allylic oxidation sites excluding steroid dienone is 2. The van der Waals surface area contributed by atoms with E-state index in [0.29, 0.717) is 60.5 Å². The lowest BCUT2D eigenvalue weighted by molar-refractivity contribution is -0.148. The predicted molar refractivity (Wildman–Crippen MR) is 168 cm³/mol. The van der Waals surface area contributed by atoms with Gasteiger partial charge < -0.3 is 23.7 Å². The SMILES string of the molecule is CCOCCOC(=O)C1C(C)=NC2=C(C(=O)C[C@@H](c3ccc(OC)c(OC)c3)C2)[C@H]1c1cccc(OCc2ccccc2)c1. The molecule has 3 aromatic carbocycles. The molecule has 1 aliphatic heterocycles. The Morgan fingerprint density at radius 1 is 0.886 bits per heavy atom. The Kier molecular flexibility index (Phi) is 10.1. The van der Waals surface area contributed by atoms with Gasteiger partial charge in [-0.15, -0.1) is 0 Å². The summed E-state index contributed by atoms with van der Waals surface area (Å²) in [6.45, 7) is 5.10. The van der Waals surface area contributed by atoms with Crippen LogP contribution in [-0.4, -0.2) is 51.5 Å². The van der Waals surface area contributed by atoms with Crippen LogP contribution >= 0.6 is 0 Å².